The van der Waals surface area contributed by atoms with Crippen LogP contribution >= 0.6 is 12.6 Å². The van der Waals surface area contributed by atoms with Crippen molar-refractivity contribution in [3.05, 3.63) is 48.1 Å². The van der Waals surface area contributed by atoms with Crippen LogP contribution < -0.4 is 10.6 Å². The first-order valence-corrected chi connectivity index (χ1v) is 6.41. The molecule has 18 heavy (non-hydrogen) atoms. The third-order valence-corrected chi connectivity index (χ3v) is 2.38. The molecule has 0 spiro atoms. The number of carbonyl (C=O) groups is 1. The maximum absolute atomic E-state index is 11.9. The molecule has 0 bridgehead atoms. The molecule has 0 aliphatic heterocycles. The number of thiol groups is 1. The van der Waals surface area contributed by atoms with Crippen molar-refractivity contribution in [1.29, 1.82) is 0 Å². The molecule has 3 nitrogen and oxygen atoms in total. The van der Waals surface area contributed by atoms with Gasteiger partial charge >= 0.3 is 0 Å². The zero-order valence-electron chi connectivity index (χ0n) is 10.8. The second kappa shape index (κ2) is 7.24. The summed E-state index contributed by atoms with van der Waals surface area (Å²) in [6, 6.07) is 0. The van der Waals surface area contributed by atoms with Crippen LogP contribution in [0.1, 0.15) is 13.8 Å². The molecular formula is C14H20N2OS. The van der Waals surface area contributed by atoms with Gasteiger partial charge in [0.25, 0.3) is 5.91 Å². The number of amides is 1. The quantitative estimate of drug-likeness (QED) is 0.404. The molecule has 4 heteroatoms. The summed E-state index contributed by atoms with van der Waals surface area (Å²) in [5.74, 6) is -0.0648. The molecule has 2 N–H and O–H groups in total. The lowest BCUT2D eigenvalue weighted by molar-refractivity contribution is -0.117. The van der Waals surface area contributed by atoms with E-state index in [0.717, 1.165) is 0 Å². The molecule has 0 aromatic rings. The Balaban J connectivity index is 2.37. The van der Waals surface area contributed by atoms with Gasteiger partial charge < -0.3 is 10.6 Å². The monoisotopic (exact) mass is 264 g/mol. The van der Waals surface area contributed by atoms with Gasteiger partial charge in [0.05, 0.1) is 4.87 Å². The third-order valence-electron chi connectivity index (χ3n) is 2.23. The minimum atomic E-state index is -0.225. The predicted octanol–water partition coefficient (Wildman–Crippen LogP) is 1.97. The van der Waals surface area contributed by atoms with Crippen LogP contribution in [0.5, 0.6) is 0 Å². The fourth-order valence-electron chi connectivity index (χ4n) is 1.36. The Labute approximate surface area is 114 Å². The first-order valence-electron chi connectivity index (χ1n) is 5.96. The van der Waals surface area contributed by atoms with Crippen LogP contribution in [0.15, 0.2) is 48.1 Å². The van der Waals surface area contributed by atoms with E-state index >= 15 is 0 Å². The lowest BCUT2D eigenvalue weighted by Gasteiger charge is -2.19. The SMILES string of the molecule is CC(C)(S)NCCNC(=O)C1=C/C=C\C=C/C=C\1. The van der Waals surface area contributed by atoms with E-state index in [1.165, 1.54) is 0 Å². The Morgan fingerprint density at radius 3 is 2.56 bits per heavy atom. The van der Waals surface area contributed by atoms with Crippen molar-refractivity contribution in [2.75, 3.05) is 13.1 Å². The van der Waals surface area contributed by atoms with Gasteiger partial charge in [-0.2, -0.15) is 12.6 Å². The molecular weight excluding hydrogens is 244 g/mol. The first kappa shape index (κ1) is 14.8. The van der Waals surface area contributed by atoms with E-state index in [-0.39, 0.29) is 10.8 Å². The molecule has 0 fully saturated rings. The van der Waals surface area contributed by atoms with E-state index in [2.05, 4.69) is 23.3 Å². The summed E-state index contributed by atoms with van der Waals surface area (Å²) in [6.45, 7) is 5.20. The number of rotatable bonds is 5. The molecule has 1 aliphatic carbocycles. The summed E-state index contributed by atoms with van der Waals surface area (Å²) in [5, 5.41) is 6.05. The average Bonchev–Trinajstić information content (AvgIpc) is 2.22. The molecule has 0 aromatic carbocycles. The van der Waals surface area contributed by atoms with Gasteiger partial charge in [0.2, 0.25) is 0 Å². The zero-order chi connectivity index (χ0) is 13.4. The molecule has 1 aliphatic rings. The van der Waals surface area contributed by atoms with Crippen molar-refractivity contribution in [3.8, 4) is 0 Å². The van der Waals surface area contributed by atoms with Crippen molar-refractivity contribution < 1.29 is 4.79 Å². The minimum absolute atomic E-state index is 0.0648. The van der Waals surface area contributed by atoms with Gasteiger partial charge in [-0.15, -0.1) is 0 Å². The minimum Gasteiger partial charge on any atom is -0.351 e. The second-order valence-corrected chi connectivity index (χ2v) is 5.61. The summed E-state index contributed by atoms with van der Waals surface area (Å²) in [6.07, 6.45) is 13.0. The zero-order valence-corrected chi connectivity index (χ0v) is 11.7. The van der Waals surface area contributed by atoms with Crippen molar-refractivity contribution in [1.82, 2.24) is 10.6 Å². The molecule has 0 saturated heterocycles. The molecule has 0 unspecified atom stereocenters. The predicted molar refractivity (Wildman–Crippen MR) is 79.6 cm³/mol. The van der Waals surface area contributed by atoms with E-state index in [9.17, 15) is 4.79 Å². The number of allylic oxidation sites excluding steroid dienone is 6. The van der Waals surface area contributed by atoms with Crippen LogP contribution in [-0.2, 0) is 4.79 Å². The van der Waals surface area contributed by atoms with Gasteiger partial charge in [-0.05, 0) is 26.0 Å². The molecule has 0 aromatic heterocycles. The Morgan fingerprint density at radius 1 is 1.17 bits per heavy atom. The first-order chi connectivity index (χ1) is 8.49. The Morgan fingerprint density at radius 2 is 1.83 bits per heavy atom. The number of hydrogen-bond donors (Lipinski definition) is 3. The molecule has 0 atom stereocenters. The standard InChI is InChI=1S/C14H20N2OS/c1-14(2,18)16-11-10-15-13(17)12-8-6-4-3-5-7-9-12/h3-9,16,18H,10-11H2,1-2H3,(H,15,17)/b4-3-,5-3?,6-4?,7-5-,8-6-,9-7?,12-8?,12-9+. The second-order valence-electron chi connectivity index (χ2n) is 4.49. The largest absolute Gasteiger partial charge is 0.351 e. The van der Waals surface area contributed by atoms with E-state index in [0.29, 0.717) is 18.7 Å². The van der Waals surface area contributed by atoms with Crippen molar-refractivity contribution in [3.63, 3.8) is 0 Å². The summed E-state index contributed by atoms with van der Waals surface area (Å²) >= 11 is 4.34. The van der Waals surface area contributed by atoms with E-state index < -0.39 is 0 Å². The molecule has 1 amide bonds. The summed E-state index contributed by atoms with van der Waals surface area (Å²) < 4.78 is 0. The molecule has 0 heterocycles. The highest BCUT2D eigenvalue weighted by Gasteiger charge is 2.09. The summed E-state index contributed by atoms with van der Waals surface area (Å²) in [7, 11) is 0. The Bertz CT molecular complexity index is 401. The summed E-state index contributed by atoms with van der Waals surface area (Å²) in [5.41, 5.74) is 0.653. The Kier molecular flexibility index (Phi) is 5.95. The smallest absolute Gasteiger partial charge is 0.251 e. The maximum Gasteiger partial charge on any atom is 0.251 e. The van der Waals surface area contributed by atoms with Gasteiger partial charge in [-0.25, -0.2) is 0 Å². The molecule has 1 rings (SSSR count). The van der Waals surface area contributed by atoms with Crippen LogP contribution in [0.25, 0.3) is 0 Å². The van der Waals surface area contributed by atoms with Gasteiger partial charge in [-0.3, -0.25) is 4.79 Å². The van der Waals surface area contributed by atoms with Crippen LogP contribution in [0, 0.1) is 0 Å². The molecule has 0 radical (unpaired) electrons. The van der Waals surface area contributed by atoms with E-state index in [4.69, 9.17) is 0 Å². The van der Waals surface area contributed by atoms with Crippen molar-refractivity contribution in [2.45, 2.75) is 18.7 Å². The normalized spacial score (nSPS) is 23.2. The topological polar surface area (TPSA) is 41.1 Å². The fraction of sp³-hybridized carbons (Fsp3) is 0.357. The lowest BCUT2D eigenvalue weighted by Crippen LogP contribution is -2.40. The van der Waals surface area contributed by atoms with Crippen LogP contribution in [-0.4, -0.2) is 23.9 Å². The van der Waals surface area contributed by atoms with E-state index in [1.54, 1.807) is 12.2 Å². The fourth-order valence-corrected chi connectivity index (χ4v) is 1.48. The van der Waals surface area contributed by atoms with Gasteiger partial charge in [-0.1, -0.05) is 30.4 Å². The van der Waals surface area contributed by atoms with Crippen LogP contribution in [0.4, 0.5) is 0 Å². The highest BCUT2D eigenvalue weighted by Crippen LogP contribution is 2.05. The van der Waals surface area contributed by atoms with Gasteiger partial charge in [0.1, 0.15) is 0 Å². The average molecular weight is 264 g/mol. The van der Waals surface area contributed by atoms with Crippen molar-refractivity contribution >= 4 is 18.5 Å². The van der Waals surface area contributed by atoms with Crippen LogP contribution in [0.3, 0.4) is 0 Å². The third kappa shape index (κ3) is 6.47. The number of nitrogens with one attached hydrogen (secondary N) is 2. The highest BCUT2D eigenvalue weighted by molar-refractivity contribution is 7.81. The lowest BCUT2D eigenvalue weighted by atomic mass is 10.1. The molecule has 0 saturated carbocycles. The molecule has 98 valence electrons. The number of carbonyl (C=O) groups excluding carboxylic acids is 1. The number of hydrogen-bond acceptors (Lipinski definition) is 3. The highest BCUT2D eigenvalue weighted by atomic mass is 32.1. The van der Waals surface area contributed by atoms with Gasteiger partial charge in [0, 0.05) is 18.7 Å². The summed E-state index contributed by atoms with van der Waals surface area (Å²) in [4.78, 5) is 11.6. The van der Waals surface area contributed by atoms with Crippen molar-refractivity contribution in [2.24, 2.45) is 0 Å². The Hall–Kier alpha value is -1.26. The van der Waals surface area contributed by atoms with E-state index in [1.807, 2.05) is 44.2 Å². The van der Waals surface area contributed by atoms with Gasteiger partial charge in [0.15, 0.2) is 0 Å². The van der Waals surface area contributed by atoms with Crippen LogP contribution in [0.2, 0.25) is 0 Å². The maximum atomic E-state index is 11.9.